The van der Waals surface area contributed by atoms with E-state index < -0.39 is 32.5 Å². The molecule has 1 aromatic rings. The maximum absolute atomic E-state index is 11.6. The first-order chi connectivity index (χ1) is 8.19. The lowest BCUT2D eigenvalue weighted by atomic mass is 10.1. The minimum atomic E-state index is -3.54. The summed E-state index contributed by atoms with van der Waals surface area (Å²) in [6, 6.07) is 6.44. The van der Waals surface area contributed by atoms with Crippen LogP contribution in [0.25, 0.3) is 0 Å². The molecule has 0 aliphatic heterocycles. The highest BCUT2D eigenvalue weighted by Crippen LogP contribution is 2.54. The van der Waals surface area contributed by atoms with Gasteiger partial charge in [-0.25, -0.2) is 8.42 Å². The van der Waals surface area contributed by atoms with Gasteiger partial charge in [0, 0.05) is 17.2 Å². The number of hydrogen-bond acceptors (Lipinski definition) is 4. The van der Waals surface area contributed by atoms with Crippen LogP contribution < -0.4 is 5.73 Å². The van der Waals surface area contributed by atoms with Gasteiger partial charge in [0.25, 0.3) is 0 Å². The number of aliphatic carboxylic acids is 1. The summed E-state index contributed by atoms with van der Waals surface area (Å²) in [6.07, 6.45) is 0.993. The van der Waals surface area contributed by atoms with E-state index >= 15 is 0 Å². The fourth-order valence-electron chi connectivity index (χ4n) is 2.38. The predicted molar refractivity (Wildman–Crippen MR) is 67.4 cm³/mol. The Morgan fingerprint density at radius 3 is 2.50 bits per heavy atom. The molecule has 0 saturated heterocycles. The molecule has 0 heterocycles. The number of rotatable bonds is 3. The lowest BCUT2D eigenvalue weighted by Crippen LogP contribution is -2.39. The molecule has 2 rings (SSSR count). The number of carbonyl (C=O) groups is 1. The number of sulfone groups is 1. The van der Waals surface area contributed by atoms with Crippen LogP contribution in [-0.2, 0) is 14.6 Å². The molecular weight excluding hydrogens is 278 g/mol. The third-order valence-electron chi connectivity index (χ3n) is 3.22. The molecule has 0 aromatic heterocycles. The summed E-state index contributed by atoms with van der Waals surface area (Å²) in [5.41, 5.74) is 4.49. The zero-order valence-electron chi connectivity index (χ0n) is 9.50. The molecule has 3 atom stereocenters. The molecule has 1 fully saturated rings. The van der Waals surface area contributed by atoms with E-state index in [0.717, 1.165) is 6.26 Å². The normalized spacial score (nSPS) is 31.1. The SMILES string of the molecule is CS(=O)(=O)[C@@H]1[C@@H](c2cccc(Cl)c2)[C@]1(N)C(=O)O. The van der Waals surface area contributed by atoms with Crippen molar-refractivity contribution in [1.82, 2.24) is 0 Å². The summed E-state index contributed by atoms with van der Waals surface area (Å²) in [4.78, 5) is 11.2. The number of benzene rings is 1. The van der Waals surface area contributed by atoms with Crippen molar-refractivity contribution in [1.29, 1.82) is 0 Å². The molecule has 7 heteroatoms. The van der Waals surface area contributed by atoms with Crippen molar-refractivity contribution in [3.8, 4) is 0 Å². The number of hydrogen-bond donors (Lipinski definition) is 2. The number of carboxylic acids is 1. The molecule has 98 valence electrons. The molecule has 1 saturated carbocycles. The molecule has 1 aliphatic carbocycles. The van der Waals surface area contributed by atoms with E-state index in [1.54, 1.807) is 24.3 Å². The second-order valence-corrected chi connectivity index (χ2v) is 7.12. The molecule has 3 N–H and O–H groups in total. The summed E-state index contributed by atoms with van der Waals surface area (Å²) in [5.74, 6) is -2.08. The van der Waals surface area contributed by atoms with E-state index in [4.69, 9.17) is 22.4 Å². The maximum atomic E-state index is 11.6. The van der Waals surface area contributed by atoms with Gasteiger partial charge in [-0.1, -0.05) is 23.7 Å². The monoisotopic (exact) mass is 289 g/mol. The molecule has 0 amide bonds. The summed E-state index contributed by atoms with van der Waals surface area (Å²) in [6.45, 7) is 0. The van der Waals surface area contributed by atoms with Gasteiger partial charge in [0.1, 0.15) is 5.54 Å². The quantitative estimate of drug-likeness (QED) is 0.851. The maximum Gasteiger partial charge on any atom is 0.325 e. The Morgan fingerprint density at radius 2 is 2.11 bits per heavy atom. The van der Waals surface area contributed by atoms with Gasteiger partial charge in [0.15, 0.2) is 9.84 Å². The second kappa shape index (κ2) is 3.94. The van der Waals surface area contributed by atoms with Crippen LogP contribution in [0.5, 0.6) is 0 Å². The van der Waals surface area contributed by atoms with Gasteiger partial charge in [-0.2, -0.15) is 0 Å². The first-order valence-electron chi connectivity index (χ1n) is 5.15. The van der Waals surface area contributed by atoms with Crippen LogP contribution in [0, 0.1) is 0 Å². The van der Waals surface area contributed by atoms with Gasteiger partial charge >= 0.3 is 5.97 Å². The van der Waals surface area contributed by atoms with E-state index in [-0.39, 0.29) is 0 Å². The minimum Gasteiger partial charge on any atom is -0.480 e. The van der Waals surface area contributed by atoms with Gasteiger partial charge < -0.3 is 10.8 Å². The number of halogens is 1. The Labute approximate surface area is 109 Å². The van der Waals surface area contributed by atoms with Crippen molar-refractivity contribution in [3.63, 3.8) is 0 Å². The fourth-order valence-corrected chi connectivity index (χ4v) is 4.33. The standard InChI is InChI=1S/C11H12ClNO4S/c1-18(16,17)9-8(11(9,13)10(14)15)6-3-2-4-7(12)5-6/h2-5,8-9H,13H2,1H3,(H,14,15)/t8-,9-,11-/m1/s1. The molecule has 0 bridgehead atoms. The Kier molecular flexibility index (Phi) is 2.92. The van der Waals surface area contributed by atoms with E-state index in [1.165, 1.54) is 0 Å². The molecular formula is C11H12ClNO4S. The van der Waals surface area contributed by atoms with Crippen LogP contribution in [0.1, 0.15) is 11.5 Å². The largest absolute Gasteiger partial charge is 0.480 e. The lowest BCUT2D eigenvalue weighted by molar-refractivity contribution is -0.139. The van der Waals surface area contributed by atoms with Crippen molar-refractivity contribution < 1.29 is 18.3 Å². The minimum absolute atomic E-state index is 0.416. The van der Waals surface area contributed by atoms with Crippen molar-refractivity contribution in [2.75, 3.05) is 6.26 Å². The van der Waals surface area contributed by atoms with Crippen molar-refractivity contribution in [2.45, 2.75) is 16.7 Å². The first-order valence-corrected chi connectivity index (χ1v) is 7.49. The Hall–Kier alpha value is -1.11. The molecule has 0 radical (unpaired) electrons. The van der Waals surface area contributed by atoms with Crippen molar-refractivity contribution in [3.05, 3.63) is 34.9 Å². The molecule has 0 spiro atoms. The summed E-state index contributed by atoms with van der Waals surface area (Å²) < 4.78 is 23.2. The van der Waals surface area contributed by atoms with E-state index in [1.807, 2.05) is 0 Å². The van der Waals surface area contributed by atoms with Crippen LogP contribution >= 0.6 is 11.6 Å². The fraction of sp³-hybridized carbons (Fsp3) is 0.364. The van der Waals surface area contributed by atoms with Crippen LogP contribution in [0.3, 0.4) is 0 Å². The summed E-state index contributed by atoms with van der Waals surface area (Å²) in [5, 5.41) is 8.43. The van der Waals surface area contributed by atoms with Gasteiger partial charge in [-0.05, 0) is 17.7 Å². The topological polar surface area (TPSA) is 97.5 Å². The zero-order valence-corrected chi connectivity index (χ0v) is 11.1. The van der Waals surface area contributed by atoms with E-state index in [0.29, 0.717) is 10.6 Å². The average Bonchev–Trinajstić information content (AvgIpc) is 2.86. The highest BCUT2D eigenvalue weighted by atomic mass is 35.5. The third-order valence-corrected chi connectivity index (χ3v) is 5.04. The summed E-state index contributed by atoms with van der Waals surface area (Å²) >= 11 is 5.81. The highest BCUT2D eigenvalue weighted by molar-refractivity contribution is 7.91. The van der Waals surface area contributed by atoms with Crippen LogP contribution in [0.2, 0.25) is 5.02 Å². The Balaban J connectivity index is 2.49. The molecule has 0 unspecified atom stereocenters. The third kappa shape index (κ3) is 1.90. The Morgan fingerprint density at radius 1 is 1.50 bits per heavy atom. The van der Waals surface area contributed by atoms with Crippen LogP contribution in [0.15, 0.2) is 24.3 Å². The van der Waals surface area contributed by atoms with E-state index in [2.05, 4.69) is 0 Å². The second-order valence-electron chi connectivity index (χ2n) is 4.52. The van der Waals surface area contributed by atoms with Gasteiger partial charge in [-0.15, -0.1) is 0 Å². The van der Waals surface area contributed by atoms with Gasteiger partial charge in [-0.3, -0.25) is 4.79 Å². The smallest absolute Gasteiger partial charge is 0.325 e. The zero-order chi connectivity index (χ0) is 13.7. The van der Waals surface area contributed by atoms with Gasteiger partial charge in [0.05, 0.1) is 5.25 Å². The summed E-state index contributed by atoms with van der Waals surface area (Å²) in [7, 11) is -3.54. The lowest BCUT2D eigenvalue weighted by Gasteiger charge is -2.04. The number of nitrogens with two attached hydrogens (primary N) is 1. The predicted octanol–water partition coefficient (Wildman–Crippen LogP) is 0.633. The van der Waals surface area contributed by atoms with Crippen molar-refractivity contribution >= 4 is 27.4 Å². The van der Waals surface area contributed by atoms with Gasteiger partial charge in [0.2, 0.25) is 0 Å². The first kappa shape index (κ1) is 13.3. The number of carboxylic acid groups (broad SMARTS) is 1. The van der Waals surface area contributed by atoms with Crippen LogP contribution in [-0.4, -0.2) is 36.5 Å². The van der Waals surface area contributed by atoms with Crippen LogP contribution in [0.4, 0.5) is 0 Å². The highest BCUT2D eigenvalue weighted by Gasteiger charge is 2.73. The van der Waals surface area contributed by atoms with Crippen molar-refractivity contribution in [2.24, 2.45) is 5.73 Å². The van der Waals surface area contributed by atoms with E-state index in [9.17, 15) is 13.2 Å². The molecule has 18 heavy (non-hydrogen) atoms. The molecule has 1 aromatic carbocycles. The average molecular weight is 290 g/mol. The molecule has 1 aliphatic rings. The molecule has 5 nitrogen and oxygen atoms in total. The Bertz CT molecular complexity index is 615.